The fourth-order valence-electron chi connectivity index (χ4n) is 3.21. The van der Waals surface area contributed by atoms with E-state index < -0.39 is 10.0 Å². The maximum absolute atomic E-state index is 12.9. The highest BCUT2D eigenvalue weighted by molar-refractivity contribution is 7.89. The number of fused-ring (bicyclic) bond motifs is 1. The average Bonchev–Trinajstić information content (AvgIpc) is 3.19. The molecule has 0 radical (unpaired) electrons. The molecular formula is C18H17N3O4S. The Morgan fingerprint density at radius 2 is 1.92 bits per heavy atom. The third-order valence-corrected chi connectivity index (χ3v) is 6.59. The lowest BCUT2D eigenvalue weighted by molar-refractivity contribution is 0.365. The molecule has 7 nitrogen and oxygen atoms in total. The van der Waals surface area contributed by atoms with Crippen LogP contribution in [0.2, 0.25) is 0 Å². The van der Waals surface area contributed by atoms with Gasteiger partial charge in [-0.1, -0.05) is 24.3 Å². The standard InChI is InChI=1S/C18H17N3O4S/c22-26(23,21-8-7-12-3-1-2-4-14(12)10-21)16-9-15(11-24-16)18-20-19-17(25-18)13-5-6-13/h1-4,9,11,13H,5-8,10H2. The van der Waals surface area contributed by atoms with Crippen molar-refractivity contribution in [2.24, 2.45) is 0 Å². The highest BCUT2D eigenvalue weighted by Crippen LogP contribution is 2.40. The molecule has 1 aliphatic heterocycles. The second-order valence-electron chi connectivity index (χ2n) is 6.73. The van der Waals surface area contributed by atoms with Crippen LogP contribution in [0.4, 0.5) is 0 Å². The fraction of sp³-hybridized carbons (Fsp3) is 0.333. The summed E-state index contributed by atoms with van der Waals surface area (Å²) < 4.78 is 38.3. The highest BCUT2D eigenvalue weighted by Gasteiger charge is 2.32. The molecule has 1 saturated carbocycles. The number of nitrogens with zero attached hydrogens (tertiary/aromatic N) is 3. The maximum atomic E-state index is 12.9. The van der Waals surface area contributed by atoms with Crippen molar-refractivity contribution in [1.29, 1.82) is 0 Å². The summed E-state index contributed by atoms with van der Waals surface area (Å²) in [5, 5.41) is 7.92. The van der Waals surface area contributed by atoms with E-state index in [1.807, 2.05) is 24.3 Å². The van der Waals surface area contributed by atoms with Crippen molar-refractivity contribution in [3.63, 3.8) is 0 Å². The van der Waals surface area contributed by atoms with Crippen LogP contribution in [0, 0.1) is 0 Å². The summed E-state index contributed by atoms with van der Waals surface area (Å²) >= 11 is 0. The van der Waals surface area contributed by atoms with Gasteiger partial charge in [-0.15, -0.1) is 10.2 Å². The van der Waals surface area contributed by atoms with E-state index in [9.17, 15) is 8.42 Å². The molecule has 1 aliphatic carbocycles. The van der Waals surface area contributed by atoms with Crippen LogP contribution in [-0.2, 0) is 23.0 Å². The number of benzene rings is 1. The molecule has 5 rings (SSSR count). The molecule has 134 valence electrons. The molecule has 3 aromatic rings. The maximum Gasteiger partial charge on any atom is 0.276 e. The minimum atomic E-state index is -3.71. The number of rotatable bonds is 4. The SMILES string of the molecule is O=S(=O)(c1cc(-c2nnc(C3CC3)o2)co1)N1CCc2ccccc2C1. The lowest BCUT2D eigenvalue weighted by Gasteiger charge is -2.27. The molecule has 1 aromatic carbocycles. The Morgan fingerprint density at radius 1 is 1.12 bits per heavy atom. The van der Waals surface area contributed by atoms with Gasteiger partial charge in [-0.2, -0.15) is 4.31 Å². The minimum Gasteiger partial charge on any atom is -0.451 e. The van der Waals surface area contributed by atoms with Gasteiger partial charge in [0.05, 0.1) is 5.56 Å². The Morgan fingerprint density at radius 3 is 2.73 bits per heavy atom. The van der Waals surface area contributed by atoms with Crippen molar-refractivity contribution in [1.82, 2.24) is 14.5 Å². The number of hydrogen-bond acceptors (Lipinski definition) is 6. The Kier molecular flexibility index (Phi) is 3.51. The van der Waals surface area contributed by atoms with E-state index >= 15 is 0 Å². The monoisotopic (exact) mass is 371 g/mol. The van der Waals surface area contributed by atoms with E-state index in [0.717, 1.165) is 18.4 Å². The second-order valence-corrected chi connectivity index (χ2v) is 8.60. The van der Waals surface area contributed by atoms with Gasteiger partial charge in [-0.05, 0) is 30.4 Å². The summed E-state index contributed by atoms with van der Waals surface area (Å²) in [5.41, 5.74) is 2.71. The van der Waals surface area contributed by atoms with Gasteiger partial charge < -0.3 is 8.83 Å². The molecule has 0 spiro atoms. The van der Waals surface area contributed by atoms with Gasteiger partial charge in [-0.25, -0.2) is 8.42 Å². The molecular weight excluding hydrogens is 354 g/mol. The van der Waals surface area contributed by atoms with E-state index in [1.54, 1.807) is 0 Å². The third-order valence-electron chi connectivity index (χ3n) is 4.88. The summed E-state index contributed by atoms with van der Waals surface area (Å²) in [7, 11) is -3.71. The largest absolute Gasteiger partial charge is 0.451 e. The highest BCUT2D eigenvalue weighted by atomic mass is 32.2. The van der Waals surface area contributed by atoms with E-state index in [1.165, 1.54) is 22.2 Å². The summed E-state index contributed by atoms with van der Waals surface area (Å²) in [6, 6.07) is 9.36. The van der Waals surface area contributed by atoms with Gasteiger partial charge >= 0.3 is 0 Å². The van der Waals surface area contributed by atoms with Crippen LogP contribution in [0.1, 0.15) is 35.8 Å². The van der Waals surface area contributed by atoms with Gasteiger partial charge in [0.25, 0.3) is 15.9 Å². The molecule has 26 heavy (non-hydrogen) atoms. The number of aromatic nitrogens is 2. The number of hydrogen-bond donors (Lipinski definition) is 0. The normalized spacial score (nSPS) is 18.0. The van der Waals surface area contributed by atoms with E-state index in [0.29, 0.717) is 42.8 Å². The number of furan rings is 1. The van der Waals surface area contributed by atoms with Crippen molar-refractivity contribution in [2.45, 2.75) is 36.8 Å². The van der Waals surface area contributed by atoms with Gasteiger partial charge in [0.15, 0.2) is 0 Å². The molecule has 8 heteroatoms. The Labute approximate surface area is 150 Å². The van der Waals surface area contributed by atoms with Crippen molar-refractivity contribution >= 4 is 10.0 Å². The first-order chi connectivity index (χ1) is 12.6. The quantitative estimate of drug-likeness (QED) is 0.700. The first-order valence-electron chi connectivity index (χ1n) is 8.60. The van der Waals surface area contributed by atoms with Crippen LogP contribution in [0.15, 0.2) is 50.5 Å². The van der Waals surface area contributed by atoms with Crippen molar-refractivity contribution in [2.75, 3.05) is 6.54 Å². The molecule has 1 fully saturated rings. The van der Waals surface area contributed by atoms with Crippen LogP contribution in [-0.4, -0.2) is 29.5 Å². The molecule has 0 bridgehead atoms. The Bertz CT molecular complexity index is 1070. The third kappa shape index (κ3) is 2.65. The predicted molar refractivity (Wildman–Crippen MR) is 91.7 cm³/mol. The topological polar surface area (TPSA) is 89.4 Å². The van der Waals surface area contributed by atoms with Crippen molar-refractivity contribution in [3.05, 3.63) is 53.6 Å². The summed E-state index contributed by atoms with van der Waals surface area (Å²) in [4.78, 5) is 0. The lowest BCUT2D eigenvalue weighted by atomic mass is 10.0. The van der Waals surface area contributed by atoms with Crippen LogP contribution in [0.3, 0.4) is 0 Å². The zero-order valence-corrected chi connectivity index (χ0v) is 14.8. The zero-order chi connectivity index (χ0) is 17.7. The summed E-state index contributed by atoms with van der Waals surface area (Å²) in [5.74, 6) is 1.25. The number of sulfonamides is 1. The van der Waals surface area contributed by atoms with Crippen LogP contribution < -0.4 is 0 Å². The zero-order valence-electron chi connectivity index (χ0n) is 14.0. The minimum absolute atomic E-state index is 0.0990. The molecule has 2 aliphatic rings. The van der Waals surface area contributed by atoms with Crippen molar-refractivity contribution < 1.29 is 17.3 Å². The van der Waals surface area contributed by atoms with Crippen LogP contribution in [0.25, 0.3) is 11.5 Å². The van der Waals surface area contributed by atoms with Gasteiger partial charge in [-0.3, -0.25) is 0 Å². The fourth-order valence-corrected chi connectivity index (χ4v) is 4.55. The van der Waals surface area contributed by atoms with Gasteiger partial charge in [0.2, 0.25) is 11.0 Å². The predicted octanol–water partition coefficient (Wildman–Crippen LogP) is 2.95. The van der Waals surface area contributed by atoms with E-state index in [-0.39, 0.29) is 5.09 Å². The summed E-state index contributed by atoms with van der Waals surface area (Å²) in [6.07, 6.45) is 4.17. The lowest BCUT2D eigenvalue weighted by Crippen LogP contribution is -2.35. The van der Waals surface area contributed by atoms with Crippen molar-refractivity contribution in [3.8, 4) is 11.5 Å². The van der Waals surface area contributed by atoms with Gasteiger partial charge in [0.1, 0.15) is 6.26 Å². The van der Waals surface area contributed by atoms with E-state index in [4.69, 9.17) is 8.83 Å². The Balaban J connectivity index is 1.41. The smallest absolute Gasteiger partial charge is 0.276 e. The van der Waals surface area contributed by atoms with E-state index in [2.05, 4.69) is 10.2 Å². The molecule has 0 N–H and O–H groups in total. The van der Waals surface area contributed by atoms with Crippen LogP contribution >= 0.6 is 0 Å². The first-order valence-corrected chi connectivity index (χ1v) is 10.0. The molecule has 0 atom stereocenters. The summed E-state index contributed by atoms with van der Waals surface area (Å²) in [6.45, 7) is 0.780. The molecule has 2 aromatic heterocycles. The average molecular weight is 371 g/mol. The molecule has 0 amide bonds. The first kappa shape index (κ1) is 15.8. The molecule has 3 heterocycles. The second kappa shape index (κ2) is 5.78. The molecule has 0 unspecified atom stereocenters. The Hall–Kier alpha value is -2.45. The van der Waals surface area contributed by atoms with Crippen LogP contribution in [0.5, 0.6) is 0 Å². The molecule has 0 saturated heterocycles. The van der Waals surface area contributed by atoms with Gasteiger partial charge in [0, 0.05) is 25.1 Å².